The molecule has 0 aliphatic carbocycles. The predicted octanol–water partition coefficient (Wildman–Crippen LogP) is 0.564. The Labute approximate surface area is 203 Å². The van der Waals surface area contributed by atoms with Crippen molar-refractivity contribution in [2.24, 2.45) is 0 Å². The van der Waals surface area contributed by atoms with Crippen LogP contribution in [0.2, 0.25) is 0 Å². The summed E-state index contributed by atoms with van der Waals surface area (Å²) in [5.41, 5.74) is 0. The monoisotopic (exact) mass is 498 g/mol. The number of para-hydroxylation sites is 2. The molecule has 144 valence electrons. The van der Waals surface area contributed by atoms with E-state index in [0.717, 1.165) is 23.0 Å². The van der Waals surface area contributed by atoms with Gasteiger partial charge in [0.15, 0.2) is 0 Å². The van der Waals surface area contributed by atoms with Crippen LogP contribution in [-0.4, -0.2) is 0 Å². The summed E-state index contributed by atoms with van der Waals surface area (Å²) in [7, 11) is 0. The molecule has 2 nitrogen and oxygen atoms in total. The molecule has 4 rings (SSSR count). The van der Waals surface area contributed by atoms with Crippen LogP contribution in [0.1, 0.15) is 0 Å². The van der Waals surface area contributed by atoms with Crippen LogP contribution in [0.15, 0.2) is 109 Å². The largest absolute Gasteiger partial charge is 4.00 e. The number of ether oxygens (including phenoxy) is 2. The molecule has 0 spiro atoms. The quantitative estimate of drug-likeness (QED) is 0.382. The number of rotatable bonds is 4. The average molecular weight is 501 g/mol. The number of benzene rings is 4. The second-order valence-electron chi connectivity index (χ2n) is 5.30. The number of halogens is 2. The Morgan fingerprint density at radius 3 is 1.00 bits per heavy atom. The Morgan fingerprint density at radius 1 is 0.414 bits per heavy atom. The predicted molar refractivity (Wildman–Crippen MR) is 104 cm³/mol. The van der Waals surface area contributed by atoms with Crippen molar-refractivity contribution in [1.29, 1.82) is 0 Å². The van der Waals surface area contributed by atoms with Gasteiger partial charge in [-0.05, 0) is 24.3 Å². The minimum absolute atomic E-state index is 0. The molecule has 29 heavy (non-hydrogen) atoms. The first-order chi connectivity index (χ1) is 12.9. The molecule has 0 aliphatic heterocycles. The first-order valence-electron chi connectivity index (χ1n) is 8.28. The molecule has 5 heteroatoms. The third-order valence-corrected chi connectivity index (χ3v) is 3.33. The molecular formula is C24H18Cl2O2Zr. The summed E-state index contributed by atoms with van der Waals surface area (Å²) in [5, 5.41) is 0. The summed E-state index contributed by atoms with van der Waals surface area (Å²) in [6.45, 7) is 0. The molecule has 0 bridgehead atoms. The van der Waals surface area contributed by atoms with Crippen LogP contribution in [0.25, 0.3) is 0 Å². The maximum atomic E-state index is 5.56. The van der Waals surface area contributed by atoms with Gasteiger partial charge in [0.05, 0.1) is 0 Å². The van der Waals surface area contributed by atoms with Gasteiger partial charge in [-0.15, -0.1) is 24.3 Å². The molecule has 0 radical (unpaired) electrons. The summed E-state index contributed by atoms with van der Waals surface area (Å²) in [4.78, 5) is 0. The van der Waals surface area contributed by atoms with Gasteiger partial charge in [0, 0.05) is 11.5 Å². The molecule has 0 aromatic heterocycles. The van der Waals surface area contributed by atoms with Crippen LogP contribution in [0.4, 0.5) is 0 Å². The van der Waals surface area contributed by atoms with E-state index in [9.17, 15) is 0 Å². The van der Waals surface area contributed by atoms with Crippen molar-refractivity contribution in [2.45, 2.75) is 0 Å². The minimum Gasteiger partial charge on any atom is -1.00 e. The van der Waals surface area contributed by atoms with Crippen LogP contribution in [0.5, 0.6) is 23.0 Å². The molecule has 0 heterocycles. The van der Waals surface area contributed by atoms with Gasteiger partial charge < -0.3 is 34.3 Å². The first-order valence-corrected chi connectivity index (χ1v) is 8.28. The van der Waals surface area contributed by atoms with E-state index in [-0.39, 0.29) is 51.0 Å². The average Bonchev–Trinajstić information content (AvgIpc) is 2.72. The SMILES string of the molecule is [Cl-].[Cl-].[Zr+4].[c-]1ccc(Oc2ccccc2)cc1.[c-]1ccc(Oc2ccccc2)cc1. The molecule has 0 unspecified atom stereocenters. The summed E-state index contributed by atoms with van der Waals surface area (Å²) >= 11 is 0. The van der Waals surface area contributed by atoms with Crippen LogP contribution >= 0.6 is 0 Å². The molecule has 0 saturated carbocycles. The maximum absolute atomic E-state index is 5.56. The third-order valence-electron chi connectivity index (χ3n) is 3.33. The Kier molecular flexibility index (Phi) is 14.7. The van der Waals surface area contributed by atoms with Crippen molar-refractivity contribution >= 4 is 0 Å². The molecule has 0 fully saturated rings. The Hall–Kier alpha value is -2.06. The number of hydrogen-bond acceptors (Lipinski definition) is 2. The van der Waals surface area contributed by atoms with Crippen molar-refractivity contribution in [2.75, 3.05) is 0 Å². The standard InChI is InChI=1S/2C12H9O.2ClH.Zr/c2*1-3-7-11(8-4-1)13-12-9-5-2-6-10-12;;;/h2*1,3-10H;2*1H;/q2*-1;;;+4/p-2. The zero-order chi connectivity index (χ0) is 17.9. The second kappa shape index (κ2) is 15.8. The molecule has 0 N–H and O–H groups in total. The first kappa shape index (κ1) is 26.9. The fourth-order valence-electron chi connectivity index (χ4n) is 2.13. The smallest absolute Gasteiger partial charge is 1.00 e. The van der Waals surface area contributed by atoms with Gasteiger partial charge in [-0.1, -0.05) is 36.4 Å². The van der Waals surface area contributed by atoms with Crippen LogP contribution in [-0.2, 0) is 26.2 Å². The summed E-state index contributed by atoms with van der Waals surface area (Å²) in [6.07, 6.45) is 0. The molecule has 0 atom stereocenters. The Morgan fingerprint density at radius 2 is 0.690 bits per heavy atom. The van der Waals surface area contributed by atoms with E-state index in [1.54, 1.807) is 0 Å². The van der Waals surface area contributed by atoms with Crippen molar-refractivity contribution in [3.63, 3.8) is 0 Å². The summed E-state index contributed by atoms with van der Waals surface area (Å²) < 4.78 is 11.1. The molecule has 0 amide bonds. The fraction of sp³-hybridized carbons (Fsp3) is 0. The van der Waals surface area contributed by atoms with Gasteiger partial charge in [-0.3, -0.25) is 0 Å². The van der Waals surface area contributed by atoms with E-state index in [2.05, 4.69) is 12.1 Å². The van der Waals surface area contributed by atoms with Crippen LogP contribution in [0.3, 0.4) is 0 Å². The molecular weight excluding hydrogens is 482 g/mol. The Balaban J connectivity index is 0.000000490. The van der Waals surface area contributed by atoms with E-state index >= 15 is 0 Å². The van der Waals surface area contributed by atoms with Crippen LogP contribution < -0.4 is 34.3 Å². The third kappa shape index (κ3) is 10.3. The zero-order valence-electron chi connectivity index (χ0n) is 15.5. The molecule has 0 saturated heterocycles. The van der Waals surface area contributed by atoms with Crippen LogP contribution in [0, 0.1) is 12.1 Å². The Bertz CT molecular complexity index is 725. The topological polar surface area (TPSA) is 18.5 Å². The van der Waals surface area contributed by atoms with Gasteiger partial charge in [0.2, 0.25) is 0 Å². The van der Waals surface area contributed by atoms with E-state index < -0.39 is 0 Å². The van der Waals surface area contributed by atoms with Gasteiger partial charge >= 0.3 is 26.2 Å². The van der Waals surface area contributed by atoms with E-state index in [4.69, 9.17) is 9.47 Å². The van der Waals surface area contributed by atoms with E-state index in [1.807, 2.05) is 109 Å². The molecule has 4 aromatic carbocycles. The maximum Gasteiger partial charge on any atom is 4.00 e. The van der Waals surface area contributed by atoms with E-state index in [1.165, 1.54) is 0 Å². The summed E-state index contributed by atoms with van der Waals surface area (Å²) in [6, 6.07) is 40.2. The zero-order valence-corrected chi connectivity index (χ0v) is 19.4. The van der Waals surface area contributed by atoms with Crippen molar-refractivity contribution < 1.29 is 60.5 Å². The van der Waals surface area contributed by atoms with E-state index in [0.29, 0.717) is 0 Å². The second-order valence-corrected chi connectivity index (χ2v) is 5.30. The minimum atomic E-state index is 0. The molecule has 4 aromatic rings. The van der Waals surface area contributed by atoms with Gasteiger partial charge in [-0.25, -0.2) is 0 Å². The molecule has 0 aliphatic rings. The van der Waals surface area contributed by atoms with Crippen molar-refractivity contribution in [3.05, 3.63) is 121 Å². The number of hydrogen-bond donors (Lipinski definition) is 0. The summed E-state index contributed by atoms with van der Waals surface area (Å²) in [5.74, 6) is 3.39. The van der Waals surface area contributed by atoms with Gasteiger partial charge in [0.25, 0.3) is 0 Å². The van der Waals surface area contributed by atoms with Crippen molar-refractivity contribution in [3.8, 4) is 23.0 Å². The van der Waals surface area contributed by atoms with Crippen molar-refractivity contribution in [1.82, 2.24) is 0 Å². The fourth-order valence-corrected chi connectivity index (χ4v) is 2.13. The van der Waals surface area contributed by atoms with Gasteiger partial charge in [0.1, 0.15) is 11.5 Å². The normalized spacial score (nSPS) is 8.55. The van der Waals surface area contributed by atoms with Gasteiger partial charge in [-0.2, -0.15) is 36.4 Å².